The van der Waals surface area contributed by atoms with Crippen molar-refractivity contribution in [2.45, 2.75) is 52.1 Å². The van der Waals surface area contributed by atoms with E-state index >= 15 is 0 Å². The minimum atomic E-state index is 0.288. The second-order valence-corrected chi connectivity index (χ2v) is 7.03. The molecule has 2 rings (SSSR count). The molecule has 84 valence electrons. The normalized spacial score (nSPS) is 23.5. The molecule has 1 fully saturated rings. The fourth-order valence-electron chi connectivity index (χ4n) is 2.66. The minimum Gasteiger partial charge on any atom is -0.466 e. The van der Waals surface area contributed by atoms with Gasteiger partial charge in [-0.25, -0.2) is 0 Å². The van der Waals surface area contributed by atoms with Crippen LogP contribution in [-0.2, 0) is 6.42 Å². The third-order valence-electron chi connectivity index (χ3n) is 3.98. The van der Waals surface area contributed by atoms with Crippen LogP contribution in [0.2, 0.25) is 12.1 Å². The third kappa shape index (κ3) is 2.36. The molecule has 2 heteroatoms. The topological polar surface area (TPSA) is 13.1 Å². The van der Waals surface area contributed by atoms with Gasteiger partial charge < -0.3 is 4.42 Å². The highest BCUT2D eigenvalue weighted by atomic mass is 28.2. The van der Waals surface area contributed by atoms with Crippen molar-refractivity contribution in [1.82, 2.24) is 0 Å². The molecule has 0 amide bonds. The van der Waals surface area contributed by atoms with E-state index in [4.69, 9.17) is 4.42 Å². The van der Waals surface area contributed by atoms with Gasteiger partial charge in [0.2, 0.25) is 0 Å². The van der Waals surface area contributed by atoms with Crippen LogP contribution in [-0.4, -0.2) is 9.52 Å². The Morgan fingerprint density at radius 2 is 2.07 bits per heavy atom. The molecule has 0 aliphatic carbocycles. The largest absolute Gasteiger partial charge is 0.466 e. The fraction of sp³-hybridized carbons (Fsp3) is 0.692. The maximum atomic E-state index is 5.86. The van der Waals surface area contributed by atoms with Gasteiger partial charge in [0.05, 0.1) is 0 Å². The summed E-state index contributed by atoms with van der Waals surface area (Å²) in [6.45, 7) is 6.47. The highest BCUT2D eigenvalue weighted by Gasteiger charge is 2.18. The summed E-state index contributed by atoms with van der Waals surface area (Å²) in [6, 6.07) is 3.12. The Morgan fingerprint density at radius 3 is 2.60 bits per heavy atom. The first-order valence-electron chi connectivity index (χ1n) is 6.24. The molecule has 0 spiro atoms. The Kier molecular flexibility index (Phi) is 3.34. The lowest BCUT2D eigenvalue weighted by Gasteiger charge is -2.20. The van der Waals surface area contributed by atoms with Crippen LogP contribution in [0.15, 0.2) is 4.42 Å². The Hall–Kier alpha value is -0.503. The smallest absolute Gasteiger partial charge is 0.107 e. The van der Waals surface area contributed by atoms with Crippen LogP contribution in [0.3, 0.4) is 0 Å². The molecule has 15 heavy (non-hydrogen) atoms. The van der Waals surface area contributed by atoms with Crippen molar-refractivity contribution in [3.63, 3.8) is 0 Å². The Labute approximate surface area is 95.1 Å². The maximum absolute atomic E-state index is 5.86. The summed E-state index contributed by atoms with van der Waals surface area (Å²) >= 11 is 0. The van der Waals surface area contributed by atoms with E-state index in [0.717, 1.165) is 11.7 Å². The zero-order valence-corrected chi connectivity index (χ0v) is 11.6. The van der Waals surface area contributed by atoms with Crippen LogP contribution in [0.1, 0.15) is 35.5 Å². The SMILES string of the molecule is Cc1oc(CC2CCC[SiH2]C2)c(C)c1C. The molecule has 1 aromatic rings. The lowest BCUT2D eigenvalue weighted by Crippen LogP contribution is -2.13. The monoisotopic (exact) mass is 222 g/mol. The van der Waals surface area contributed by atoms with Gasteiger partial charge in [0.25, 0.3) is 0 Å². The zero-order valence-electron chi connectivity index (χ0n) is 10.2. The van der Waals surface area contributed by atoms with Crippen molar-refractivity contribution in [1.29, 1.82) is 0 Å². The summed E-state index contributed by atoms with van der Waals surface area (Å²) < 4.78 is 5.86. The highest BCUT2D eigenvalue weighted by molar-refractivity contribution is 6.35. The van der Waals surface area contributed by atoms with Gasteiger partial charge in [-0.3, -0.25) is 0 Å². The first-order valence-corrected chi connectivity index (χ1v) is 8.24. The van der Waals surface area contributed by atoms with Crippen LogP contribution in [0.5, 0.6) is 0 Å². The van der Waals surface area contributed by atoms with E-state index < -0.39 is 0 Å². The number of aryl methyl sites for hydroxylation is 1. The van der Waals surface area contributed by atoms with E-state index in [9.17, 15) is 0 Å². The van der Waals surface area contributed by atoms with Gasteiger partial charge in [-0.15, -0.1) is 0 Å². The molecule has 1 nitrogen and oxygen atoms in total. The van der Waals surface area contributed by atoms with Crippen molar-refractivity contribution in [3.05, 3.63) is 22.6 Å². The molecule has 0 saturated carbocycles. The molecular weight excluding hydrogens is 200 g/mol. The molecule has 1 unspecified atom stereocenters. The van der Waals surface area contributed by atoms with Crippen molar-refractivity contribution in [2.75, 3.05) is 0 Å². The van der Waals surface area contributed by atoms with Crippen molar-refractivity contribution >= 4 is 9.52 Å². The lowest BCUT2D eigenvalue weighted by molar-refractivity contribution is 0.416. The maximum Gasteiger partial charge on any atom is 0.107 e. The quantitative estimate of drug-likeness (QED) is 0.701. The Bertz CT molecular complexity index is 335. The molecule has 0 N–H and O–H groups in total. The first kappa shape index (κ1) is 11.0. The fourth-order valence-corrected chi connectivity index (χ4v) is 4.66. The number of rotatable bonds is 2. The molecule has 0 radical (unpaired) electrons. The molecule has 1 aliphatic heterocycles. The van der Waals surface area contributed by atoms with Gasteiger partial charge in [-0.1, -0.05) is 24.9 Å². The minimum absolute atomic E-state index is 0.288. The molecular formula is C13H22OSi. The van der Waals surface area contributed by atoms with E-state index in [-0.39, 0.29) is 9.52 Å². The third-order valence-corrected chi connectivity index (χ3v) is 6.21. The summed E-state index contributed by atoms with van der Waals surface area (Å²) in [7, 11) is 0.288. The molecule has 0 aromatic carbocycles. The van der Waals surface area contributed by atoms with Crippen molar-refractivity contribution in [2.24, 2.45) is 5.92 Å². The second kappa shape index (κ2) is 4.56. The van der Waals surface area contributed by atoms with Crippen molar-refractivity contribution < 1.29 is 4.42 Å². The van der Waals surface area contributed by atoms with E-state index in [1.54, 1.807) is 6.04 Å². The average Bonchev–Trinajstić information content (AvgIpc) is 2.48. The van der Waals surface area contributed by atoms with Gasteiger partial charge >= 0.3 is 0 Å². The summed E-state index contributed by atoms with van der Waals surface area (Å²) in [4.78, 5) is 0. The van der Waals surface area contributed by atoms with E-state index in [1.165, 1.54) is 42.2 Å². The van der Waals surface area contributed by atoms with Gasteiger partial charge in [-0.05, 0) is 37.8 Å². The standard InChI is InChI=1S/C13H22OSi/c1-9-10(2)13(14-11(9)3)7-12-5-4-6-15-8-12/h12H,4-8,15H2,1-3H3. The zero-order chi connectivity index (χ0) is 10.8. The van der Waals surface area contributed by atoms with Gasteiger partial charge in [0, 0.05) is 15.9 Å². The average molecular weight is 222 g/mol. The summed E-state index contributed by atoms with van der Waals surface area (Å²) in [5, 5.41) is 0. The molecule has 0 bridgehead atoms. The molecule has 1 aliphatic rings. The lowest BCUT2D eigenvalue weighted by atomic mass is 9.97. The van der Waals surface area contributed by atoms with E-state index in [0.29, 0.717) is 0 Å². The van der Waals surface area contributed by atoms with Crippen LogP contribution >= 0.6 is 0 Å². The van der Waals surface area contributed by atoms with Crippen LogP contribution in [0.25, 0.3) is 0 Å². The molecule has 1 saturated heterocycles. The Balaban J connectivity index is 2.06. The van der Waals surface area contributed by atoms with Crippen molar-refractivity contribution in [3.8, 4) is 0 Å². The van der Waals surface area contributed by atoms with Crippen LogP contribution in [0, 0.1) is 26.7 Å². The molecule has 1 aromatic heterocycles. The van der Waals surface area contributed by atoms with Gasteiger partial charge in [0.1, 0.15) is 11.5 Å². The molecule has 1 atom stereocenters. The Morgan fingerprint density at radius 1 is 1.27 bits per heavy atom. The highest BCUT2D eigenvalue weighted by Crippen LogP contribution is 2.28. The summed E-state index contributed by atoms with van der Waals surface area (Å²) in [5.41, 5.74) is 2.76. The molecule has 2 heterocycles. The van der Waals surface area contributed by atoms with Crippen LogP contribution < -0.4 is 0 Å². The number of furan rings is 1. The van der Waals surface area contributed by atoms with E-state index in [2.05, 4.69) is 20.8 Å². The predicted octanol–water partition coefficient (Wildman–Crippen LogP) is 3.16. The second-order valence-electron chi connectivity index (χ2n) is 5.04. The first-order chi connectivity index (χ1) is 7.18. The predicted molar refractivity (Wildman–Crippen MR) is 67.5 cm³/mol. The van der Waals surface area contributed by atoms with E-state index in [1.807, 2.05) is 0 Å². The van der Waals surface area contributed by atoms with Gasteiger partial charge in [0.15, 0.2) is 0 Å². The van der Waals surface area contributed by atoms with Gasteiger partial charge in [-0.2, -0.15) is 0 Å². The summed E-state index contributed by atoms with van der Waals surface area (Å²) in [6.07, 6.45) is 4.12. The number of hydrogen-bond acceptors (Lipinski definition) is 1. The number of hydrogen-bond donors (Lipinski definition) is 0. The summed E-state index contributed by atoms with van der Waals surface area (Å²) in [5.74, 6) is 3.33. The van der Waals surface area contributed by atoms with Crippen LogP contribution in [0.4, 0.5) is 0 Å².